The van der Waals surface area contributed by atoms with Crippen LogP contribution in [0.5, 0.6) is 0 Å². The maximum absolute atomic E-state index is 12.9. The molecule has 4 heteroatoms. The topological polar surface area (TPSA) is 18.5 Å². The third kappa shape index (κ3) is 2.23. The van der Waals surface area contributed by atoms with Gasteiger partial charge in [0.05, 0.1) is 12.2 Å². The summed E-state index contributed by atoms with van der Waals surface area (Å²) in [4.78, 5) is 0. The molecule has 1 aliphatic rings. The minimum absolute atomic E-state index is 0.277. The van der Waals surface area contributed by atoms with E-state index in [1.54, 1.807) is 0 Å². The molecular formula is C10H18F2O2. The van der Waals surface area contributed by atoms with Crippen LogP contribution in [0.1, 0.15) is 40.5 Å². The van der Waals surface area contributed by atoms with E-state index in [-0.39, 0.29) is 5.41 Å². The fraction of sp³-hybridized carbons (Fsp3) is 1.00. The molecule has 1 rings (SSSR count). The second kappa shape index (κ2) is 3.74. The van der Waals surface area contributed by atoms with Crippen molar-refractivity contribution in [2.24, 2.45) is 5.41 Å². The van der Waals surface area contributed by atoms with E-state index in [1.807, 2.05) is 27.7 Å². The summed E-state index contributed by atoms with van der Waals surface area (Å²) in [5.41, 5.74) is -0.277. The fourth-order valence-electron chi connectivity index (χ4n) is 1.65. The number of alkyl halides is 2. The van der Waals surface area contributed by atoms with Gasteiger partial charge >= 0.3 is 6.29 Å². The molecule has 84 valence electrons. The van der Waals surface area contributed by atoms with Crippen molar-refractivity contribution < 1.29 is 18.3 Å². The molecule has 0 aliphatic carbocycles. The van der Waals surface area contributed by atoms with Gasteiger partial charge in [0.2, 0.25) is 0 Å². The number of halogens is 2. The summed E-state index contributed by atoms with van der Waals surface area (Å²) in [5.74, 6) is 0. The van der Waals surface area contributed by atoms with Gasteiger partial charge in [0, 0.05) is 0 Å². The first kappa shape index (κ1) is 11.9. The van der Waals surface area contributed by atoms with Crippen molar-refractivity contribution in [3.05, 3.63) is 0 Å². The lowest BCUT2D eigenvalue weighted by Crippen LogP contribution is -2.37. The van der Waals surface area contributed by atoms with Crippen molar-refractivity contribution >= 4 is 0 Å². The van der Waals surface area contributed by atoms with Crippen LogP contribution in [-0.2, 0) is 9.47 Å². The summed E-state index contributed by atoms with van der Waals surface area (Å²) in [6.07, 6.45) is -3.10. The van der Waals surface area contributed by atoms with Gasteiger partial charge in [0.1, 0.15) is 0 Å². The SMILES string of the molecule is CCC1OC(F)(F)OC1C(C)(C)CC. The van der Waals surface area contributed by atoms with Gasteiger partial charge in [-0.3, -0.25) is 9.47 Å². The molecule has 1 aliphatic heterocycles. The van der Waals surface area contributed by atoms with Crippen molar-refractivity contribution in [2.75, 3.05) is 0 Å². The monoisotopic (exact) mass is 208 g/mol. The maximum atomic E-state index is 12.9. The Labute approximate surface area is 83.6 Å². The van der Waals surface area contributed by atoms with E-state index in [2.05, 4.69) is 9.47 Å². The van der Waals surface area contributed by atoms with Crippen molar-refractivity contribution in [3.63, 3.8) is 0 Å². The van der Waals surface area contributed by atoms with E-state index in [9.17, 15) is 8.78 Å². The zero-order valence-electron chi connectivity index (χ0n) is 9.14. The Kier molecular flexibility index (Phi) is 3.17. The summed E-state index contributed by atoms with van der Waals surface area (Å²) in [7, 11) is 0. The van der Waals surface area contributed by atoms with Crippen LogP contribution in [0, 0.1) is 5.41 Å². The first-order valence-electron chi connectivity index (χ1n) is 5.06. The molecular weight excluding hydrogens is 190 g/mol. The highest BCUT2D eigenvalue weighted by atomic mass is 19.3. The molecule has 0 aromatic heterocycles. The molecule has 1 fully saturated rings. The molecule has 1 saturated heterocycles. The zero-order valence-corrected chi connectivity index (χ0v) is 9.14. The highest BCUT2D eigenvalue weighted by molar-refractivity contribution is 4.87. The van der Waals surface area contributed by atoms with Crippen LogP contribution in [0.4, 0.5) is 8.78 Å². The average molecular weight is 208 g/mol. The molecule has 0 N–H and O–H groups in total. The second-order valence-corrected chi connectivity index (χ2v) is 4.41. The van der Waals surface area contributed by atoms with E-state index >= 15 is 0 Å². The van der Waals surface area contributed by atoms with Gasteiger partial charge in [-0.2, -0.15) is 0 Å². The predicted octanol–water partition coefficient (Wildman–Crippen LogP) is 3.17. The van der Waals surface area contributed by atoms with E-state index in [0.717, 1.165) is 6.42 Å². The number of rotatable bonds is 3. The first-order valence-corrected chi connectivity index (χ1v) is 5.06. The third-order valence-corrected chi connectivity index (χ3v) is 2.97. The second-order valence-electron chi connectivity index (χ2n) is 4.41. The van der Waals surface area contributed by atoms with E-state index in [0.29, 0.717) is 6.42 Å². The molecule has 1 heterocycles. The van der Waals surface area contributed by atoms with Gasteiger partial charge in [-0.05, 0) is 18.3 Å². The van der Waals surface area contributed by atoms with E-state index in [1.165, 1.54) is 0 Å². The molecule has 2 unspecified atom stereocenters. The van der Waals surface area contributed by atoms with Crippen LogP contribution >= 0.6 is 0 Å². The Morgan fingerprint density at radius 3 is 2.21 bits per heavy atom. The average Bonchev–Trinajstić information content (AvgIpc) is 2.42. The Bertz CT molecular complexity index is 204. The minimum Gasteiger partial charge on any atom is -0.290 e. The Hall–Kier alpha value is -0.220. The van der Waals surface area contributed by atoms with Gasteiger partial charge in [0.15, 0.2) is 0 Å². The maximum Gasteiger partial charge on any atom is 0.486 e. The quantitative estimate of drug-likeness (QED) is 0.709. The minimum atomic E-state index is -3.40. The molecule has 0 aromatic carbocycles. The van der Waals surface area contributed by atoms with Gasteiger partial charge in [0.25, 0.3) is 0 Å². The molecule has 2 nitrogen and oxygen atoms in total. The van der Waals surface area contributed by atoms with Gasteiger partial charge < -0.3 is 0 Å². The molecule has 0 aromatic rings. The smallest absolute Gasteiger partial charge is 0.290 e. The molecule has 0 saturated carbocycles. The van der Waals surface area contributed by atoms with Crippen LogP contribution in [0.3, 0.4) is 0 Å². The molecule has 0 amide bonds. The van der Waals surface area contributed by atoms with Crippen molar-refractivity contribution in [3.8, 4) is 0 Å². The summed E-state index contributed by atoms with van der Waals surface area (Å²) in [6, 6.07) is 0. The fourth-order valence-corrected chi connectivity index (χ4v) is 1.65. The van der Waals surface area contributed by atoms with E-state index < -0.39 is 18.5 Å². The molecule has 0 bridgehead atoms. The highest BCUT2D eigenvalue weighted by Gasteiger charge is 2.53. The normalized spacial score (nSPS) is 32.1. The highest BCUT2D eigenvalue weighted by Crippen LogP contribution is 2.42. The van der Waals surface area contributed by atoms with Gasteiger partial charge in [-0.25, -0.2) is 0 Å². The summed E-state index contributed by atoms with van der Waals surface area (Å²) >= 11 is 0. The zero-order chi connectivity index (χ0) is 11.0. The van der Waals surface area contributed by atoms with Crippen molar-refractivity contribution in [1.29, 1.82) is 0 Å². The number of ether oxygens (including phenoxy) is 2. The summed E-state index contributed by atoms with van der Waals surface area (Å²) in [5, 5.41) is 0. The lowest BCUT2D eigenvalue weighted by Gasteiger charge is -2.31. The lowest BCUT2D eigenvalue weighted by molar-refractivity contribution is -0.354. The Morgan fingerprint density at radius 1 is 1.21 bits per heavy atom. The predicted molar refractivity (Wildman–Crippen MR) is 49.1 cm³/mol. The first-order chi connectivity index (χ1) is 6.32. The Morgan fingerprint density at radius 2 is 1.79 bits per heavy atom. The molecule has 0 radical (unpaired) electrons. The van der Waals surface area contributed by atoms with Crippen LogP contribution in [0.15, 0.2) is 0 Å². The summed E-state index contributed by atoms with van der Waals surface area (Å²) in [6.45, 7) is 7.64. The lowest BCUT2D eigenvalue weighted by atomic mass is 9.80. The number of hydrogen-bond donors (Lipinski definition) is 0. The Balaban J connectivity index is 2.78. The standard InChI is InChI=1S/C10H18F2O2/c1-5-7-8(9(3,4)6-2)14-10(11,12)13-7/h7-8H,5-6H2,1-4H3. The largest absolute Gasteiger partial charge is 0.486 e. The van der Waals surface area contributed by atoms with Crippen LogP contribution in [0.25, 0.3) is 0 Å². The van der Waals surface area contributed by atoms with Gasteiger partial charge in [-0.1, -0.05) is 27.7 Å². The van der Waals surface area contributed by atoms with Crippen molar-refractivity contribution in [1.82, 2.24) is 0 Å². The van der Waals surface area contributed by atoms with E-state index in [4.69, 9.17) is 0 Å². The van der Waals surface area contributed by atoms with Crippen LogP contribution in [-0.4, -0.2) is 18.5 Å². The molecule has 14 heavy (non-hydrogen) atoms. The van der Waals surface area contributed by atoms with Crippen LogP contribution < -0.4 is 0 Å². The third-order valence-electron chi connectivity index (χ3n) is 2.97. The van der Waals surface area contributed by atoms with Crippen LogP contribution in [0.2, 0.25) is 0 Å². The molecule has 0 spiro atoms. The summed E-state index contributed by atoms with van der Waals surface area (Å²) < 4.78 is 34.9. The van der Waals surface area contributed by atoms with Gasteiger partial charge in [-0.15, -0.1) is 8.78 Å². The number of hydrogen-bond acceptors (Lipinski definition) is 2. The van der Waals surface area contributed by atoms with Crippen molar-refractivity contribution in [2.45, 2.75) is 59.0 Å². The molecule has 2 atom stereocenters.